The highest BCUT2D eigenvalue weighted by atomic mass is 32.2. The molecule has 2 aromatic rings. The van der Waals surface area contributed by atoms with Gasteiger partial charge in [-0.25, -0.2) is 4.39 Å². The summed E-state index contributed by atoms with van der Waals surface area (Å²) in [7, 11) is 0. The third-order valence-corrected chi connectivity index (χ3v) is 4.84. The van der Waals surface area contributed by atoms with E-state index in [1.54, 1.807) is 6.07 Å². The number of thioether (sulfide) groups is 1. The third kappa shape index (κ3) is 2.95. The number of nitrogens with two attached hydrogens (primary N) is 1. The molecule has 0 amide bonds. The topological polar surface area (TPSA) is 39.2 Å². The number of halogens is 1. The molecule has 0 saturated carbocycles. The number of benzene rings is 1. The molecule has 2 N–H and O–H groups in total. The Morgan fingerprint density at radius 1 is 1.32 bits per heavy atom. The van der Waals surface area contributed by atoms with Crippen LogP contribution in [0, 0.1) is 11.7 Å². The number of furan rings is 1. The highest BCUT2D eigenvalue weighted by Crippen LogP contribution is 2.32. The van der Waals surface area contributed by atoms with Crippen LogP contribution in [0.2, 0.25) is 0 Å². The van der Waals surface area contributed by atoms with Crippen molar-refractivity contribution < 1.29 is 8.81 Å². The van der Waals surface area contributed by atoms with Crippen LogP contribution in [-0.4, -0.2) is 11.5 Å². The Bertz CT molecular complexity index is 562. The predicted octanol–water partition coefficient (Wildman–Crippen LogP) is 4.11. The van der Waals surface area contributed by atoms with Crippen molar-refractivity contribution in [3.05, 3.63) is 35.8 Å². The average Bonchev–Trinajstić information content (AvgIpc) is 2.83. The van der Waals surface area contributed by atoms with Gasteiger partial charge in [0.1, 0.15) is 17.2 Å². The molecule has 0 aliphatic carbocycles. The smallest absolute Gasteiger partial charge is 0.134 e. The lowest BCUT2D eigenvalue weighted by Gasteiger charge is -2.23. The van der Waals surface area contributed by atoms with E-state index in [-0.39, 0.29) is 11.9 Å². The van der Waals surface area contributed by atoms with Crippen LogP contribution in [-0.2, 0) is 0 Å². The van der Waals surface area contributed by atoms with Crippen LogP contribution in [0.5, 0.6) is 0 Å². The van der Waals surface area contributed by atoms with Crippen molar-refractivity contribution in [1.82, 2.24) is 0 Å². The quantitative estimate of drug-likeness (QED) is 0.919. The Morgan fingerprint density at radius 3 is 2.89 bits per heavy atom. The molecule has 0 radical (unpaired) electrons. The first kappa shape index (κ1) is 13.0. The fourth-order valence-corrected chi connectivity index (χ4v) is 3.88. The molecule has 3 rings (SSSR count). The third-order valence-electron chi connectivity index (χ3n) is 3.79. The zero-order valence-corrected chi connectivity index (χ0v) is 11.6. The zero-order chi connectivity index (χ0) is 13.2. The number of hydrogen-bond donors (Lipinski definition) is 1. The van der Waals surface area contributed by atoms with Gasteiger partial charge in [0.05, 0.1) is 6.04 Å². The fraction of sp³-hybridized carbons (Fsp3) is 0.467. The summed E-state index contributed by atoms with van der Waals surface area (Å²) in [6, 6.07) is 6.37. The molecule has 1 unspecified atom stereocenters. The van der Waals surface area contributed by atoms with Crippen molar-refractivity contribution in [1.29, 1.82) is 0 Å². The molecule has 4 heteroatoms. The van der Waals surface area contributed by atoms with Gasteiger partial charge >= 0.3 is 0 Å². The highest BCUT2D eigenvalue weighted by Gasteiger charge is 2.20. The molecular formula is C15H18FNOS. The molecule has 102 valence electrons. The van der Waals surface area contributed by atoms with Crippen LogP contribution in [0.1, 0.15) is 31.1 Å². The summed E-state index contributed by atoms with van der Waals surface area (Å²) in [4.78, 5) is 0. The van der Waals surface area contributed by atoms with Crippen molar-refractivity contribution in [2.24, 2.45) is 11.7 Å². The van der Waals surface area contributed by atoms with E-state index in [1.807, 2.05) is 17.8 Å². The van der Waals surface area contributed by atoms with Gasteiger partial charge in [-0.1, -0.05) is 0 Å². The van der Waals surface area contributed by atoms with Gasteiger partial charge in [-0.15, -0.1) is 0 Å². The molecule has 2 nitrogen and oxygen atoms in total. The molecular weight excluding hydrogens is 261 g/mol. The lowest BCUT2D eigenvalue weighted by molar-refractivity contribution is 0.378. The first-order valence-corrected chi connectivity index (χ1v) is 7.90. The van der Waals surface area contributed by atoms with E-state index in [4.69, 9.17) is 10.2 Å². The standard InChI is InChI=1S/C15H18FNOS/c16-12-1-2-14-11(8-12)9-15(18-14)13(17)7-10-3-5-19-6-4-10/h1-2,8-10,13H,3-7,17H2. The summed E-state index contributed by atoms with van der Waals surface area (Å²) < 4.78 is 18.9. The van der Waals surface area contributed by atoms with Gasteiger partial charge in [0.25, 0.3) is 0 Å². The molecule has 0 spiro atoms. The minimum atomic E-state index is -0.238. The highest BCUT2D eigenvalue weighted by molar-refractivity contribution is 7.99. The van der Waals surface area contributed by atoms with Gasteiger partial charge in [0, 0.05) is 5.39 Å². The molecule has 1 fully saturated rings. The van der Waals surface area contributed by atoms with E-state index in [0.29, 0.717) is 11.5 Å². The molecule has 19 heavy (non-hydrogen) atoms. The van der Waals surface area contributed by atoms with E-state index < -0.39 is 0 Å². The monoisotopic (exact) mass is 279 g/mol. The van der Waals surface area contributed by atoms with E-state index in [9.17, 15) is 4.39 Å². The largest absolute Gasteiger partial charge is 0.459 e. The van der Waals surface area contributed by atoms with Crippen LogP contribution < -0.4 is 5.73 Å². The van der Waals surface area contributed by atoms with Crippen LogP contribution in [0.3, 0.4) is 0 Å². The first-order chi connectivity index (χ1) is 9.22. The SMILES string of the molecule is NC(CC1CCSCC1)c1cc2cc(F)ccc2o1. The van der Waals surface area contributed by atoms with Crippen molar-refractivity contribution in [3.8, 4) is 0 Å². The Balaban J connectivity index is 1.75. The Labute approximate surface area is 116 Å². The second-order valence-corrected chi connectivity index (χ2v) is 6.45. The summed E-state index contributed by atoms with van der Waals surface area (Å²) in [5.74, 6) is 3.71. The number of hydrogen-bond acceptors (Lipinski definition) is 3. The maximum absolute atomic E-state index is 13.1. The second kappa shape index (κ2) is 5.55. The van der Waals surface area contributed by atoms with Gasteiger partial charge < -0.3 is 10.2 Å². The zero-order valence-electron chi connectivity index (χ0n) is 10.8. The number of fused-ring (bicyclic) bond motifs is 1. The maximum Gasteiger partial charge on any atom is 0.134 e. The van der Waals surface area contributed by atoms with Crippen LogP contribution in [0.4, 0.5) is 4.39 Å². The summed E-state index contributed by atoms with van der Waals surface area (Å²) >= 11 is 2.02. The molecule has 1 saturated heterocycles. The molecule has 1 atom stereocenters. The van der Waals surface area contributed by atoms with E-state index in [1.165, 1.54) is 36.5 Å². The molecule has 0 bridgehead atoms. The van der Waals surface area contributed by atoms with E-state index >= 15 is 0 Å². The Hall–Kier alpha value is -1.00. The molecule has 1 aromatic heterocycles. The Kier molecular flexibility index (Phi) is 3.80. The average molecular weight is 279 g/mol. The molecule has 2 heterocycles. The van der Waals surface area contributed by atoms with Crippen molar-refractivity contribution >= 4 is 22.7 Å². The summed E-state index contributed by atoms with van der Waals surface area (Å²) in [6.45, 7) is 0. The van der Waals surface area contributed by atoms with Gasteiger partial charge in [0.2, 0.25) is 0 Å². The minimum absolute atomic E-state index is 0.0800. The molecule has 1 aromatic carbocycles. The van der Waals surface area contributed by atoms with Crippen molar-refractivity contribution in [2.45, 2.75) is 25.3 Å². The van der Waals surface area contributed by atoms with Crippen LogP contribution in [0.25, 0.3) is 11.0 Å². The van der Waals surface area contributed by atoms with Gasteiger partial charge in [0.15, 0.2) is 0 Å². The lowest BCUT2D eigenvalue weighted by atomic mass is 9.93. The van der Waals surface area contributed by atoms with Crippen LogP contribution in [0.15, 0.2) is 28.7 Å². The summed E-state index contributed by atoms with van der Waals surface area (Å²) in [6.07, 6.45) is 3.45. The van der Waals surface area contributed by atoms with Gasteiger partial charge in [-0.2, -0.15) is 11.8 Å². The first-order valence-electron chi connectivity index (χ1n) is 6.74. The van der Waals surface area contributed by atoms with Crippen LogP contribution >= 0.6 is 11.8 Å². The second-order valence-electron chi connectivity index (χ2n) is 5.23. The van der Waals surface area contributed by atoms with Crippen molar-refractivity contribution in [3.63, 3.8) is 0 Å². The van der Waals surface area contributed by atoms with E-state index in [0.717, 1.165) is 17.6 Å². The normalized spacial score (nSPS) is 18.8. The van der Waals surface area contributed by atoms with Gasteiger partial charge in [-0.3, -0.25) is 0 Å². The van der Waals surface area contributed by atoms with E-state index in [2.05, 4.69) is 0 Å². The molecule has 1 aliphatic heterocycles. The maximum atomic E-state index is 13.1. The molecule has 1 aliphatic rings. The predicted molar refractivity (Wildman–Crippen MR) is 77.8 cm³/mol. The van der Waals surface area contributed by atoms with Gasteiger partial charge in [-0.05, 0) is 61.0 Å². The summed E-state index contributed by atoms with van der Waals surface area (Å²) in [5, 5.41) is 0.796. The summed E-state index contributed by atoms with van der Waals surface area (Å²) in [5.41, 5.74) is 6.95. The van der Waals surface area contributed by atoms with Crippen molar-refractivity contribution in [2.75, 3.05) is 11.5 Å². The fourth-order valence-electron chi connectivity index (χ4n) is 2.67. The lowest BCUT2D eigenvalue weighted by Crippen LogP contribution is -2.18. The minimum Gasteiger partial charge on any atom is -0.459 e. The number of rotatable bonds is 3. The Morgan fingerprint density at radius 2 is 2.11 bits per heavy atom.